The van der Waals surface area contributed by atoms with Crippen LogP contribution in [-0.2, 0) is 4.57 Å². The summed E-state index contributed by atoms with van der Waals surface area (Å²) in [6.45, 7) is 0. The van der Waals surface area contributed by atoms with Gasteiger partial charge < -0.3 is 9.30 Å². The molecular weight excluding hydrogens is 547 g/mol. The van der Waals surface area contributed by atoms with Gasteiger partial charge in [-0.15, -0.1) is 0 Å². The number of ether oxygens (including phenoxy) is 1. The third-order valence-corrected chi connectivity index (χ3v) is 11.0. The van der Waals surface area contributed by atoms with Crippen LogP contribution in [0.2, 0.25) is 0 Å². The lowest BCUT2D eigenvalue weighted by Crippen LogP contribution is -2.30. The first kappa shape index (κ1) is 25.4. The van der Waals surface area contributed by atoms with Crippen molar-refractivity contribution in [1.82, 2.24) is 9.97 Å². The van der Waals surface area contributed by atoms with Crippen LogP contribution in [0, 0.1) is 0 Å². The van der Waals surface area contributed by atoms with Gasteiger partial charge in [0.1, 0.15) is 11.5 Å². The zero-order valence-electron chi connectivity index (χ0n) is 23.1. The number of benzene rings is 6. The van der Waals surface area contributed by atoms with Crippen LogP contribution in [0.15, 0.2) is 152 Å². The third kappa shape index (κ3) is 4.35. The Morgan fingerprint density at radius 2 is 1.00 bits per heavy atom. The molecule has 0 N–H and O–H groups in total. The zero-order chi connectivity index (χ0) is 28.8. The molecule has 1 unspecified atom stereocenters. The Bertz CT molecular complexity index is 2120. The van der Waals surface area contributed by atoms with E-state index >= 15 is 4.57 Å². The van der Waals surface area contributed by atoms with Gasteiger partial charge in [-0.2, -0.15) is 0 Å². The normalized spacial score (nSPS) is 15.3. The van der Waals surface area contributed by atoms with Crippen LogP contribution in [0.3, 0.4) is 0 Å². The van der Waals surface area contributed by atoms with Crippen molar-refractivity contribution in [3.8, 4) is 45.4 Å². The summed E-state index contributed by atoms with van der Waals surface area (Å²) < 4.78 is 22.0. The van der Waals surface area contributed by atoms with Crippen LogP contribution in [0.25, 0.3) is 44.7 Å². The first-order valence-electron chi connectivity index (χ1n) is 14.2. The van der Waals surface area contributed by atoms with Gasteiger partial charge in [-0.05, 0) is 47.2 Å². The lowest BCUT2D eigenvalue weighted by molar-refractivity contribution is 0.486. The lowest BCUT2D eigenvalue weighted by atomic mass is 10.1. The predicted octanol–water partition coefficient (Wildman–Crippen LogP) is 8.38. The fourth-order valence-electron chi connectivity index (χ4n) is 5.78. The molecule has 1 aliphatic rings. The number of hydrogen-bond donors (Lipinski definition) is 0. The van der Waals surface area contributed by atoms with Crippen LogP contribution in [0.4, 0.5) is 0 Å². The van der Waals surface area contributed by atoms with E-state index in [1.54, 1.807) is 0 Å². The molecule has 4 nitrogen and oxygen atoms in total. The van der Waals surface area contributed by atoms with Crippen molar-refractivity contribution in [2.24, 2.45) is 0 Å². The van der Waals surface area contributed by atoms with Gasteiger partial charge in [0.15, 0.2) is 13.0 Å². The maximum Gasteiger partial charge on any atom is 0.178 e. The van der Waals surface area contributed by atoms with Crippen molar-refractivity contribution in [2.45, 2.75) is 0 Å². The Hall–Kier alpha value is -5.31. The second kappa shape index (κ2) is 10.2. The summed E-state index contributed by atoms with van der Waals surface area (Å²) in [4.78, 5) is 10.0. The smallest absolute Gasteiger partial charge is 0.178 e. The van der Waals surface area contributed by atoms with Gasteiger partial charge in [0.25, 0.3) is 0 Å². The molecule has 8 rings (SSSR count). The molecule has 0 saturated carbocycles. The van der Waals surface area contributed by atoms with Gasteiger partial charge in [-0.1, -0.05) is 115 Å². The first-order valence-corrected chi connectivity index (χ1v) is 15.9. The summed E-state index contributed by atoms with van der Waals surface area (Å²) in [7, 11) is -3.32. The summed E-state index contributed by atoms with van der Waals surface area (Å²) >= 11 is 0. The van der Waals surface area contributed by atoms with Gasteiger partial charge in [0.05, 0.1) is 22.0 Å². The number of aromatic nitrogens is 2. The van der Waals surface area contributed by atoms with Gasteiger partial charge in [0, 0.05) is 22.0 Å². The maximum absolute atomic E-state index is 15.6. The van der Waals surface area contributed by atoms with Gasteiger partial charge >= 0.3 is 0 Å². The van der Waals surface area contributed by atoms with E-state index in [-0.39, 0.29) is 0 Å². The van der Waals surface area contributed by atoms with E-state index in [2.05, 4.69) is 0 Å². The topological polar surface area (TPSA) is 52.1 Å². The average molecular weight is 573 g/mol. The van der Waals surface area contributed by atoms with Crippen LogP contribution < -0.4 is 20.7 Å². The standard InChI is InChI=1S/C38H25N2O2P/c41-43(31-18-8-3-9-19-31)36-24-30(20-21-34(36)42-35-22-28-16-10-11-17-29(28)23-37(35)43)38-39-32(26-12-4-1-5-13-26)25-33(40-38)27-14-6-2-7-15-27/h1-25H. The molecule has 1 atom stereocenters. The van der Waals surface area contributed by atoms with Crippen LogP contribution in [0.5, 0.6) is 11.5 Å². The molecule has 0 amide bonds. The number of hydrogen-bond acceptors (Lipinski definition) is 4. The van der Waals surface area contributed by atoms with Crippen LogP contribution in [0.1, 0.15) is 0 Å². The molecule has 0 saturated heterocycles. The van der Waals surface area contributed by atoms with E-state index in [1.165, 1.54) is 0 Å². The van der Waals surface area contributed by atoms with E-state index in [9.17, 15) is 0 Å². The summed E-state index contributed by atoms with van der Waals surface area (Å²) in [5.41, 5.74) is 4.42. The van der Waals surface area contributed by atoms with Gasteiger partial charge in [0.2, 0.25) is 0 Å². The quantitative estimate of drug-likeness (QED) is 0.199. The minimum Gasteiger partial charge on any atom is -0.456 e. The zero-order valence-corrected chi connectivity index (χ0v) is 24.0. The lowest BCUT2D eigenvalue weighted by Gasteiger charge is -2.29. The molecule has 0 aliphatic carbocycles. The fraction of sp³-hybridized carbons (Fsp3) is 0. The summed E-state index contributed by atoms with van der Waals surface area (Å²) in [6.07, 6.45) is 0. The average Bonchev–Trinajstić information content (AvgIpc) is 3.08. The minimum atomic E-state index is -3.32. The molecular formula is C38H25N2O2P. The SMILES string of the molecule is O=P1(c2ccccc2)c2cc(-c3nc(-c4ccccc4)cc(-c4ccccc4)n3)ccc2Oc2cc3ccccc3cc21. The largest absolute Gasteiger partial charge is 0.456 e. The Morgan fingerprint density at radius 1 is 0.465 bits per heavy atom. The van der Waals surface area contributed by atoms with Crippen molar-refractivity contribution >= 4 is 33.8 Å². The van der Waals surface area contributed by atoms with E-state index in [0.29, 0.717) is 27.9 Å². The molecule has 0 radical (unpaired) electrons. The van der Waals surface area contributed by atoms with E-state index in [0.717, 1.165) is 44.2 Å². The van der Waals surface area contributed by atoms with Crippen LogP contribution >= 0.6 is 7.14 Å². The molecule has 2 heterocycles. The van der Waals surface area contributed by atoms with E-state index in [4.69, 9.17) is 14.7 Å². The van der Waals surface area contributed by atoms with E-state index < -0.39 is 7.14 Å². The maximum atomic E-state index is 15.6. The molecule has 7 aromatic rings. The Labute approximate surface area is 249 Å². The van der Waals surface area contributed by atoms with Crippen molar-refractivity contribution in [2.75, 3.05) is 0 Å². The molecule has 0 fully saturated rings. The third-order valence-electron chi connectivity index (χ3n) is 7.93. The molecule has 43 heavy (non-hydrogen) atoms. The Kier molecular flexibility index (Phi) is 6.03. The number of rotatable bonds is 4. The van der Waals surface area contributed by atoms with Gasteiger partial charge in [-0.3, -0.25) is 0 Å². The second-order valence-electron chi connectivity index (χ2n) is 10.6. The van der Waals surface area contributed by atoms with Crippen LogP contribution in [-0.4, -0.2) is 9.97 Å². The molecule has 5 heteroatoms. The summed E-state index contributed by atoms with van der Waals surface area (Å²) in [6, 6.07) is 49.9. The monoisotopic (exact) mass is 572 g/mol. The Balaban J connectivity index is 1.35. The molecule has 0 spiro atoms. The summed E-state index contributed by atoms with van der Waals surface area (Å²) in [5.74, 6) is 1.77. The highest BCUT2D eigenvalue weighted by atomic mass is 31.2. The predicted molar refractivity (Wildman–Crippen MR) is 175 cm³/mol. The highest BCUT2D eigenvalue weighted by Crippen LogP contribution is 2.52. The second-order valence-corrected chi connectivity index (χ2v) is 13.3. The van der Waals surface area contributed by atoms with Crippen molar-refractivity contribution < 1.29 is 9.30 Å². The first-order chi connectivity index (χ1) is 21.2. The van der Waals surface area contributed by atoms with E-state index in [1.807, 2.05) is 152 Å². The highest BCUT2D eigenvalue weighted by molar-refractivity contribution is 7.85. The molecule has 6 aromatic carbocycles. The fourth-order valence-corrected chi connectivity index (χ4v) is 8.68. The summed E-state index contributed by atoms with van der Waals surface area (Å²) in [5, 5.41) is 4.17. The Morgan fingerprint density at radius 3 is 1.63 bits per heavy atom. The minimum absolute atomic E-state index is 0.562. The number of nitrogens with zero attached hydrogens (tertiary/aromatic N) is 2. The van der Waals surface area contributed by atoms with Crippen molar-refractivity contribution in [3.63, 3.8) is 0 Å². The van der Waals surface area contributed by atoms with Crippen molar-refractivity contribution in [3.05, 3.63) is 152 Å². The molecule has 1 aliphatic heterocycles. The molecule has 204 valence electrons. The van der Waals surface area contributed by atoms with Gasteiger partial charge in [-0.25, -0.2) is 9.97 Å². The highest BCUT2D eigenvalue weighted by Gasteiger charge is 2.39. The van der Waals surface area contributed by atoms with Crippen molar-refractivity contribution in [1.29, 1.82) is 0 Å². The molecule has 0 bridgehead atoms. The molecule has 1 aromatic heterocycles. The number of fused-ring (bicyclic) bond motifs is 3.